The van der Waals surface area contributed by atoms with Crippen LogP contribution in [0.4, 0.5) is 4.79 Å². The maximum Gasteiger partial charge on any atom is 0.317 e. The number of hydrogen-bond donors (Lipinski definition) is 2. The van der Waals surface area contributed by atoms with Crippen LogP contribution in [0.3, 0.4) is 0 Å². The van der Waals surface area contributed by atoms with Gasteiger partial charge in [0.15, 0.2) is 0 Å². The standard InChI is InChI=1S/C16H26N2O3/c1-12(2)21-14-8-6-13(7-9-14)10-17-15(19)18(5)11-16(3,4)20/h6-9,12,20H,10-11H2,1-5H3,(H,17,19). The molecule has 1 aromatic rings. The highest BCUT2D eigenvalue weighted by Gasteiger charge is 2.18. The van der Waals surface area contributed by atoms with E-state index in [9.17, 15) is 9.90 Å². The third kappa shape index (κ3) is 6.99. The predicted molar refractivity (Wildman–Crippen MR) is 83.4 cm³/mol. The van der Waals surface area contributed by atoms with Gasteiger partial charge < -0.3 is 20.1 Å². The zero-order valence-corrected chi connectivity index (χ0v) is 13.5. The van der Waals surface area contributed by atoms with Gasteiger partial charge in [0.2, 0.25) is 0 Å². The Kier molecular flexibility index (Phi) is 6.03. The second kappa shape index (κ2) is 7.31. The second-order valence-electron chi connectivity index (χ2n) is 6.14. The van der Waals surface area contributed by atoms with Gasteiger partial charge >= 0.3 is 6.03 Å². The summed E-state index contributed by atoms with van der Waals surface area (Å²) in [5, 5.41) is 12.5. The van der Waals surface area contributed by atoms with Crippen LogP contribution in [0.1, 0.15) is 33.3 Å². The van der Waals surface area contributed by atoms with Crippen LogP contribution in [0.15, 0.2) is 24.3 Å². The van der Waals surface area contributed by atoms with E-state index in [0.29, 0.717) is 6.54 Å². The van der Waals surface area contributed by atoms with E-state index in [2.05, 4.69) is 5.32 Å². The van der Waals surface area contributed by atoms with Crippen molar-refractivity contribution in [3.05, 3.63) is 29.8 Å². The molecule has 0 aromatic heterocycles. The fraction of sp³-hybridized carbons (Fsp3) is 0.562. The monoisotopic (exact) mass is 294 g/mol. The molecule has 0 spiro atoms. The van der Waals surface area contributed by atoms with Crippen LogP contribution in [0.5, 0.6) is 5.75 Å². The lowest BCUT2D eigenvalue weighted by molar-refractivity contribution is 0.0531. The Labute approximate surface area is 126 Å². The normalized spacial score (nSPS) is 11.4. The summed E-state index contributed by atoms with van der Waals surface area (Å²) in [5.74, 6) is 0.819. The molecular weight excluding hydrogens is 268 g/mol. The van der Waals surface area contributed by atoms with E-state index in [1.165, 1.54) is 4.90 Å². The van der Waals surface area contributed by atoms with Crippen LogP contribution in [0, 0.1) is 0 Å². The zero-order chi connectivity index (χ0) is 16.0. The number of urea groups is 1. The fourth-order valence-corrected chi connectivity index (χ4v) is 1.92. The summed E-state index contributed by atoms with van der Waals surface area (Å²) in [6.07, 6.45) is 0.144. The SMILES string of the molecule is CC(C)Oc1ccc(CNC(=O)N(C)CC(C)(C)O)cc1. The molecule has 0 atom stereocenters. The predicted octanol–water partition coefficient (Wildman–Crippen LogP) is 2.39. The molecule has 0 unspecified atom stereocenters. The number of likely N-dealkylation sites (N-methyl/N-ethyl adjacent to an activating group) is 1. The summed E-state index contributed by atoms with van der Waals surface area (Å²) < 4.78 is 5.56. The summed E-state index contributed by atoms with van der Waals surface area (Å²) in [4.78, 5) is 13.4. The molecule has 0 fully saturated rings. The average Bonchev–Trinajstić information content (AvgIpc) is 2.34. The summed E-state index contributed by atoms with van der Waals surface area (Å²) in [5.41, 5.74) is 0.0955. The number of nitrogens with zero attached hydrogens (tertiary/aromatic N) is 1. The Hall–Kier alpha value is -1.75. The van der Waals surface area contributed by atoms with Gasteiger partial charge in [-0.3, -0.25) is 0 Å². The second-order valence-corrected chi connectivity index (χ2v) is 6.14. The van der Waals surface area contributed by atoms with E-state index >= 15 is 0 Å². The molecule has 0 heterocycles. The lowest BCUT2D eigenvalue weighted by atomic mass is 10.1. The highest BCUT2D eigenvalue weighted by Crippen LogP contribution is 2.13. The first-order chi connectivity index (χ1) is 9.67. The quantitative estimate of drug-likeness (QED) is 0.847. The topological polar surface area (TPSA) is 61.8 Å². The van der Waals surface area contributed by atoms with Crippen molar-refractivity contribution in [2.75, 3.05) is 13.6 Å². The molecule has 0 aliphatic carbocycles. The Morgan fingerprint density at radius 2 is 1.90 bits per heavy atom. The smallest absolute Gasteiger partial charge is 0.317 e. The molecule has 1 rings (SSSR count). The van der Waals surface area contributed by atoms with Gasteiger partial charge in [-0.2, -0.15) is 0 Å². The summed E-state index contributed by atoms with van der Waals surface area (Å²) in [7, 11) is 1.66. The van der Waals surface area contributed by atoms with Crippen molar-refractivity contribution in [1.82, 2.24) is 10.2 Å². The first-order valence-corrected chi connectivity index (χ1v) is 7.14. The van der Waals surface area contributed by atoms with Crippen LogP contribution in [0.2, 0.25) is 0 Å². The molecule has 0 aliphatic rings. The number of aliphatic hydroxyl groups is 1. The molecule has 118 valence electrons. The molecule has 0 aliphatic heterocycles. The zero-order valence-electron chi connectivity index (χ0n) is 13.5. The van der Waals surface area contributed by atoms with E-state index in [1.807, 2.05) is 38.1 Å². The molecular formula is C16H26N2O3. The van der Waals surface area contributed by atoms with Crippen LogP contribution in [-0.2, 0) is 6.54 Å². The molecule has 0 saturated carbocycles. The highest BCUT2D eigenvalue weighted by atomic mass is 16.5. The molecule has 5 nitrogen and oxygen atoms in total. The minimum Gasteiger partial charge on any atom is -0.491 e. The van der Waals surface area contributed by atoms with Crippen molar-refractivity contribution in [2.45, 2.75) is 45.9 Å². The Balaban J connectivity index is 2.46. The summed E-state index contributed by atoms with van der Waals surface area (Å²) in [6.45, 7) is 8.02. The maximum atomic E-state index is 11.9. The van der Waals surface area contributed by atoms with Gasteiger partial charge in [-0.1, -0.05) is 12.1 Å². The van der Waals surface area contributed by atoms with E-state index in [1.54, 1.807) is 20.9 Å². The first kappa shape index (κ1) is 17.3. The van der Waals surface area contributed by atoms with Gasteiger partial charge in [-0.25, -0.2) is 4.79 Å². The molecule has 2 amide bonds. The van der Waals surface area contributed by atoms with Crippen molar-refractivity contribution in [1.29, 1.82) is 0 Å². The average molecular weight is 294 g/mol. The third-order valence-corrected chi connectivity index (χ3v) is 2.71. The van der Waals surface area contributed by atoms with Gasteiger partial charge in [0.1, 0.15) is 5.75 Å². The van der Waals surface area contributed by atoms with Crippen molar-refractivity contribution >= 4 is 6.03 Å². The molecule has 0 saturated heterocycles. The van der Waals surface area contributed by atoms with Gasteiger partial charge in [-0.05, 0) is 45.4 Å². The van der Waals surface area contributed by atoms with E-state index in [-0.39, 0.29) is 18.7 Å². The van der Waals surface area contributed by atoms with Crippen LogP contribution >= 0.6 is 0 Å². The molecule has 21 heavy (non-hydrogen) atoms. The van der Waals surface area contributed by atoms with Gasteiger partial charge in [0, 0.05) is 13.6 Å². The van der Waals surface area contributed by atoms with Crippen LogP contribution in [0.25, 0.3) is 0 Å². The van der Waals surface area contributed by atoms with Crippen molar-refractivity contribution in [3.8, 4) is 5.75 Å². The number of carbonyl (C=O) groups excluding carboxylic acids is 1. The van der Waals surface area contributed by atoms with E-state index in [0.717, 1.165) is 11.3 Å². The van der Waals surface area contributed by atoms with Crippen molar-refractivity contribution < 1.29 is 14.6 Å². The lowest BCUT2D eigenvalue weighted by Gasteiger charge is -2.25. The molecule has 0 bridgehead atoms. The fourth-order valence-electron chi connectivity index (χ4n) is 1.92. The van der Waals surface area contributed by atoms with Crippen LogP contribution < -0.4 is 10.1 Å². The van der Waals surface area contributed by atoms with Crippen molar-refractivity contribution in [2.24, 2.45) is 0 Å². The largest absolute Gasteiger partial charge is 0.491 e. The highest BCUT2D eigenvalue weighted by molar-refractivity contribution is 5.73. The summed E-state index contributed by atoms with van der Waals surface area (Å²) in [6, 6.07) is 7.42. The molecule has 0 radical (unpaired) electrons. The van der Waals surface area contributed by atoms with Gasteiger partial charge in [0.25, 0.3) is 0 Å². The van der Waals surface area contributed by atoms with Crippen molar-refractivity contribution in [3.63, 3.8) is 0 Å². The Bertz CT molecular complexity index is 450. The number of benzene rings is 1. The lowest BCUT2D eigenvalue weighted by Crippen LogP contribution is -2.44. The molecule has 1 aromatic carbocycles. The number of hydrogen-bond acceptors (Lipinski definition) is 3. The maximum absolute atomic E-state index is 11.9. The van der Waals surface area contributed by atoms with E-state index in [4.69, 9.17) is 4.74 Å². The summed E-state index contributed by atoms with van der Waals surface area (Å²) >= 11 is 0. The Morgan fingerprint density at radius 1 is 1.33 bits per heavy atom. The van der Waals surface area contributed by atoms with Crippen LogP contribution in [-0.4, -0.2) is 41.3 Å². The number of carbonyl (C=O) groups is 1. The minimum atomic E-state index is -0.901. The van der Waals surface area contributed by atoms with Gasteiger partial charge in [-0.15, -0.1) is 0 Å². The number of amides is 2. The minimum absolute atomic E-state index is 0.144. The Morgan fingerprint density at radius 3 is 2.38 bits per heavy atom. The van der Waals surface area contributed by atoms with Gasteiger partial charge in [0.05, 0.1) is 18.2 Å². The number of nitrogens with one attached hydrogen (secondary N) is 1. The molecule has 5 heteroatoms. The van der Waals surface area contributed by atoms with E-state index < -0.39 is 5.60 Å². The first-order valence-electron chi connectivity index (χ1n) is 7.14. The number of ether oxygens (including phenoxy) is 1. The number of rotatable bonds is 6. The molecule has 2 N–H and O–H groups in total. The third-order valence-electron chi connectivity index (χ3n) is 2.71.